The zero-order valence-corrected chi connectivity index (χ0v) is 10.1. The molecule has 1 aromatic carbocycles. The van der Waals surface area contributed by atoms with E-state index in [1.807, 2.05) is 37.3 Å². The molecule has 3 atom stereocenters. The smallest absolute Gasteiger partial charge is 0.407 e. The molecule has 1 saturated heterocycles. The minimum Gasteiger partial charge on any atom is -0.453 e. The predicted molar refractivity (Wildman–Crippen MR) is 63.8 cm³/mol. The van der Waals surface area contributed by atoms with E-state index in [0.29, 0.717) is 0 Å². The highest BCUT2D eigenvalue weighted by molar-refractivity contribution is 5.67. The lowest BCUT2D eigenvalue weighted by atomic mass is 10.0. The van der Waals surface area contributed by atoms with E-state index in [-0.39, 0.29) is 18.2 Å². The number of hydrogen-bond acceptors (Lipinski definition) is 3. The van der Waals surface area contributed by atoms with E-state index in [0.717, 1.165) is 6.42 Å². The van der Waals surface area contributed by atoms with Crippen LogP contribution in [0.2, 0.25) is 0 Å². The quantitative estimate of drug-likeness (QED) is 0.809. The molecule has 1 amide bonds. The van der Waals surface area contributed by atoms with Gasteiger partial charge in [0.15, 0.2) is 0 Å². The molecule has 1 heterocycles. The van der Waals surface area contributed by atoms with Gasteiger partial charge in [0.05, 0.1) is 19.3 Å². The third-order valence-corrected chi connectivity index (χ3v) is 2.94. The molecule has 1 fully saturated rings. The van der Waals surface area contributed by atoms with Crippen molar-refractivity contribution >= 4 is 6.09 Å². The van der Waals surface area contributed by atoms with Gasteiger partial charge in [0.1, 0.15) is 6.10 Å². The molecule has 0 aliphatic carbocycles. The van der Waals surface area contributed by atoms with Crippen molar-refractivity contribution < 1.29 is 14.3 Å². The maximum atomic E-state index is 11.3. The lowest BCUT2D eigenvalue weighted by molar-refractivity contribution is 0.163. The van der Waals surface area contributed by atoms with Gasteiger partial charge in [0.2, 0.25) is 0 Å². The summed E-state index contributed by atoms with van der Waals surface area (Å²) < 4.78 is 10.1. The Hall–Kier alpha value is -1.55. The second-order valence-electron chi connectivity index (χ2n) is 4.24. The SMILES string of the molecule is COC(=O)N[C@H](Cc1ccccc1)[C@@H]1O[C@H]1C. The first kappa shape index (κ1) is 11.9. The molecule has 0 radical (unpaired) electrons. The highest BCUT2D eigenvalue weighted by atomic mass is 16.6. The zero-order valence-electron chi connectivity index (χ0n) is 10.1. The summed E-state index contributed by atoms with van der Waals surface area (Å²) in [6.07, 6.45) is 0.647. The van der Waals surface area contributed by atoms with Gasteiger partial charge < -0.3 is 14.8 Å². The van der Waals surface area contributed by atoms with Crippen LogP contribution in [0, 0.1) is 0 Å². The van der Waals surface area contributed by atoms with Crippen molar-refractivity contribution in [2.24, 2.45) is 0 Å². The Morgan fingerprint density at radius 3 is 2.65 bits per heavy atom. The summed E-state index contributed by atoms with van der Waals surface area (Å²) in [5.74, 6) is 0. The summed E-state index contributed by atoms with van der Waals surface area (Å²) >= 11 is 0. The summed E-state index contributed by atoms with van der Waals surface area (Å²) in [5, 5.41) is 2.82. The molecule has 92 valence electrons. The van der Waals surface area contributed by atoms with Crippen LogP contribution in [0.1, 0.15) is 12.5 Å². The number of rotatable bonds is 4. The number of alkyl carbamates (subject to hydrolysis) is 1. The first-order valence-corrected chi connectivity index (χ1v) is 5.74. The van der Waals surface area contributed by atoms with Crippen LogP contribution in [0.3, 0.4) is 0 Å². The standard InChI is InChI=1S/C13H17NO3/c1-9-12(17-9)11(14-13(15)16-2)8-10-6-4-3-5-7-10/h3-7,9,11-12H,8H2,1-2H3,(H,14,15)/t9-,11+,12+/m0/s1. The number of carbonyl (C=O) groups excluding carboxylic acids is 1. The molecule has 1 aromatic rings. The van der Waals surface area contributed by atoms with Crippen molar-refractivity contribution in [3.05, 3.63) is 35.9 Å². The van der Waals surface area contributed by atoms with Crippen LogP contribution in [0.15, 0.2) is 30.3 Å². The van der Waals surface area contributed by atoms with Crippen LogP contribution >= 0.6 is 0 Å². The number of carbonyl (C=O) groups is 1. The van der Waals surface area contributed by atoms with Crippen molar-refractivity contribution in [3.8, 4) is 0 Å². The van der Waals surface area contributed by atoms with Gasteiger partial charge in [-0.2, -0.15) is 0 Å². The van der Waals surface area contributed by atoms with E-state index in [1.54, 1.807) is 0 Å². The van der Waals surface area contributed by atoms with Crippen LogP contribution in [-0.4, -0.2) is 31.5 Å². The minimum absolute atomic E-state index is 0.0279. The fraction of sp³-hybridized carbons (Fsp3) is 0.462. The molecule has 0 aromatic heterocycles. The van der Waals surface area contributed by atoms with Crippen LogP contribution in [0.4, 0.5) is 4.79 Å². The molecular formula is C13H17NO3. The summed E-state index contributed by atoms with van der Waals surface area (Å²) in [7, 11) is 1.37. The molecule has 0 bridgehead atoms. The van der Waals surface area contributed by atoms with Gasteiger partial charge in [-0.3, -0.25) is 0 Å². The number of hydrogen-bond donors (Lipinski definition) is 1. The number of epoxide rings is 1. The number of benzene rings is 1. The van der Waals surface area contributed by atoms with Crippen molar-refractivity contribution in [2.75, 3.05) is 7.11 Å². The van der Waals surface area contributed by atoms with Gasteiger partial charge in [-0.05, 0) is 18.9 Å². The number of ether oxygens (including phenoxy) is 2. The molecule has 0 saturated carbocycles. The molecule has 17 heavy (non-hydrogen) atoms. The topological polar surface area (TPSA) is 50.9 Å². The van der Waals surface area contributed by atoms with Gasteiger partial charge in [0, 0.05) is 0 Å². The molecule has 1 aliphatic heterocycles. The Bertz CT molecular complexity index is 380. The molecule has 0 spiro atoms. The zero-order chi connectivity index (χ0) is 12.3. The first-order valence-electron chi connectivity index (χ1n) is 5.74. The van der Waals surface area contributed by atoms with E-state index >= 15 is 0 Å². The van der Waals surface area contributed by atoms with Crippen molar-refractivity contribution in [3.63, 3.8) is 0 Å². The van der Waals surface area contributed by atoms with E-state index in [9.17, 15) is 4.79 Å². The lowest BCUT2D eigenvalue weighted by Crippen LogP contribution is -2.40. The second-order valence-corrected chi connectivity index (χ2v) is 4.24. The van der Waals surface area contributed by atoms with Gasteiger partial charge in [-0.15, -0.1) is 0 Å². The van der Waals surface area contributed by atoms with Crippen molar-refractivity contribution in [1.82, 2.24) is 5.32 Å². The second kappa shape index (κ2) is 5.19. The summed E-state index contributed by atoms with van der Waals surface area (Å²) in [4.78, 5) is 11.3. The van der Waals surface area contributed by atoms with Crippen LogP contribution in [-0.2, 0) is 15.9 Å². The largest absolute Gasteiger partial charge is 0.453 e. The molecular weight excluding hydrogens is 218 g/mol. The predicted octanol–water partition coefficient (Wildman–Crippen LogP) is 1.74. The van der Waals surface area contributed by atoms with E-state index in [2.05, 4.69) is 10.1 Å². The van der Waals surface area contributed by atoms with Crippen molar-refractivity contribution in [2.45, 2.75) is 31.6 Å². The van der Waals surface area contributed by atoms with E-state index in [4.69, 9.17) is 4.74 Å². The Morgan fingerprint density at radius 1 is 1.47 bits per heavy atom. The average Bonchev–Trinajstić information content (AvgIpc) is 3.07. The molecule has 4 heteroatoms. The summed E-state index contributed by atoms with van der Waals surface area (Å²) in [5.41, 5.74) is 1.18. The molecule has 2 rings (SSSR count). The Labute approximate surface area is 101 Å². The fourth-order valence-corrected chi connectivity index (χ4v) is 1.95. The van der Waals surface area contributed by atoms with Crippen LogP contribution in [0.5, 0.6) is 0 Å². The normalized spacial score (nSPS) is 23.9. The van der Waals surface area contributed by atoms with Crippen molar-refractivity contribution in [1.29, 1.82) is 0 Å². The molecule has 1 N–H and O–H groups in total. The minimum atomic E-state index is -0.409. The number of nitrogens with one attached hydrogen (secondary N) is 1. The summed E-state index contributed by atoms with van der Waals surface area (Å²) in [6, 6.07) is 10.0. The molecule has 0 unspecified atom stereocenters. The monoisotopic (exact) mass is 235 g/mol. The fourth-order valence-electron chi connectivity index (χ4n) is 1.95. The third kappa shape index (κ3) is 3.20. The van der Waals surface area contributed by atoms with E-state index < -0.39 is 6.09 Å². The third-order valence-electron chi connectivity index (χ3n) is 2.94. The highest BCUT2D eigenvalue weighted by Crippen LogP contribution is 2.26. The molecule has 1 aliphatic rings. The Morgan fingerprint density at radius 2 is 2.12 bits per heavy atom. The van der Waals surface area contributed by atoms with Gasteiger partial charge >= 0.3 is 6.09 Å². The number of amides is 1. The van der Waals surface area contributed by atoms with Gasteiger partial charge in [-0.25, -0.2) is 4.79 Å². The maximum Gasteiger partial charge on any atom is 0.407 e. The lowest BCUT2D eigenvalue weighted by Gasteiger charge is -2.16. The van der Waals surface area contributed by atoms with Crippen LogP contribution in [0.25, 0.3) is 0 Å². The molecule has 4 nitrogen and oxygen atoms in total. The Kier molecular flexibility index (Phi) is 3.64. The average molecular weight is 235 g/mol. The van der Waals surface area contributed by atoms with E-state index in [1.165, 1.54) is 12.7 Å². The van der Waals surface area contributed by atoms with Crippen LogP contribution < -0.4 is 5.32 Å². The van der Waals surface area contributed by atoms with Gasteiger partial charge in [0.25, 0.3) is 0 Å². The Balaban J connectivity index is 1.98. The number of methoxy groups -OCH3 is 1. The first-order chi connectivity index (χ1) is 8.20. The highest BCUT2D eigenvalue weighted by Gasteiger charge is 2.42. The van der Waals surface area contributed by atoms with Gasteiger partial charge in [-0.1, -0.05) is 30.3 Å². The maximum absolute atomic E-state index is 11.3. The summed E-state index contributed by atoms with van der Waals surface area (Å²) in [6.45, 7) is 2.00.